The van der Waals surface area contributed by atoms with Gasteiger partial charge in [-0.05, 0) is 159 Å². The fourth-order valence-electron chi connectivity index (χ4n) is 7.49. The minimum atomic E-state index is 0.367. The monoisotopic (exact) mass is 650 g/mol. The minimum Gasteiger partial charge on any atom is -0.508 e. The summed E-state index contributed by atoms with van der Waals surface area (Å²) in [4.78, 5) is 0. The molecule has 6 N–H and O–H groups in total. The minimum absolute atomic E-state index is 0.367. The molecule has 0 unspecified atom stereocenters. The molecule has 0 bridgehead atoms. The maximum absolute atomic E-state index is 10.1. The van der Waals surface area contributed by atoms with Crippen molar-refractivity contribution in [3.05, 3.63) is 94.0 Å². The zero-order valence-corrected chi connectivity index (χ0v) is 29.3. The van der Waals surface area contributed by atoms with Crippen LogP contribution in [-0.4, -0.2) is 10.2 Å². The molecule has 0 aliphatic heterocycles. The van der Waals surface area contributed by atoms with Gasteiger partial charge >= 0.3 is 0 Å². The quantitative estimate of drug-likeness (QED) is 0.127. The molecule has 0 saturated heterocycles. The van der Waals surface area contributed by atoms with E-state index in [0.717, 1.165) is 105 Å². The standard InChI is InChI=1S/2C21H27NO2/c2*1-14-11-18(22)12-15(2)21(14)24-19-9-10-20(23)17(13-19)8-7-16-5-3-4-6-16/h2*9-13,16,23H,3-8,22H2,1-2H3. The summed E-state index contributed by atoms with van der Waals surface area (Å²) in [5.74, 6) is 5.59. The van der Waals surface area contributed by atoms with Crippen LogP contribution in [0.1, 0.15) is 97.6 Å². The van der Waals surface area contributed by atoms with Crippen LogP contribution in [0.15, 0.2) is 60.7 Å². The summed E-state index contributed by atoms with van der Waals surface area (Å²) in [5, 5.41) is 20.3. The number of aromatic hydroxyl groups is 2. The van der Waals surface area contributed by atoms with Crippen molar-refractivity contribution >= 4 is 11.4 Å². The van der Waals surface area contributed by atoms with Crippen LogP contribution < -0.4 is 20.9 Å². The lowest BCUT2D eigenvalue weighted by Crippen LogP contribution is -1.98. The number of phenols is 2. The number of anilines is 2. The Hall–Kier alpha value is -4.32. The molecule has 0 heterocycles. The predicted octanol–water partition coefficient (Wildman–Crippen LogP) is 11.0. The lowest BCUT2D eigenvalue weighted by molar-refractivity contribution is 0.446. The van der Waals surface area contributed by atoms with Crippen LogP contribution in [0.3, 0.4) is 0 Å². The van der Waals surface area contributed by atoms with E-state index in [1.165, 1.54) is 51.4 Å². The number of phenolic OH excluding ortho intramolecular Hbond substituents is 2. The van der Waals surface area contributed by atoms with Crippen molar-refractivity contribution in [2.45, 2.75) is 105 Å². The Kier molecular flexibility index (Phi) is 11.8. The second-order valence-electron chi connectivity index (χ2n) is 14.1. The Morgan fingerprint density at radius 2 is 0.875 bits per heavy atom. The molecule has 48 heavy (non-hydrogen) atoms. The van der Waals surface area contributed by atoms with Crippen molar-refractivity contribution in [2.75, 3.05) is 11.5 Å². The Morgan fingerprint density at radius 1 is 0.542 bits per heavy atom. The third-order valence-electron chi connectivity index (χ3n) is 10.1. The van der Waals surface area contributed by atoms with Crippen LogP contribution >= 0.6 is 0 Å². The van der Waals surface area contributed by atoms with Crippen molar-refractivity contribution in [3.8, 4) is 34.5 Å². The summed E-state index contributed by atoms with van der Waals surface area (Å²) in [6.45, 7) is 8.00. The molecule has 0 atom stereocenters. The molecule has 256 valence electrons. The van der Waals surface area contributed by atoms with Crippen LogP contribution in [0.4, 0.5) is 11.4 Å². The van der Waals surface area contributed by atoms with E-state index in [9.17, 15) is 10.2 Å². The molecule has 2 aliphatic rings. The molecule has 2 aliphatic carbocycles. The van der Waals surface area contributed by atoms with E-state index in [1.54, 1.807) is 12.1 Å². The summed E-state index contributed by atoms with van der Waals surface area (Å²) >= 11 is 0. The van der Waals surface area contributed by atoms with Crippen molar-refractivity contribution in [2.24, 2.45) is 11.8 Å². The SMILES string of the molecule is Cc1cc(N)cc(C)c1Oc1ccc(O)c(CCC2CCCC2)c1.Cc1cc(N)cc(C)c1Oc1ccc(O)c(CCC2CCCC2)c1. The molecule has 2 saturated carbocycles. The van der Waals surface area contributed by atoms with Crippen molar-refractivity contribution in [3.63, 3.8) is 0 Å². The molecule has 6 rings (SSSR count). The summed E-state index contributed by atoms with van der Waals surface area (Å²) in [6, 6.07) is 18.7. The summed E-state index contributed by atoms with van der Waals surface area (Å²) in [5.41, 5.74) is 19.3. The zero-order valence-electron chi connectivity index (χ0n) is 29.3. The van der Waals surface area contributed by atoms with Crippen LogP contribution in [0.5, 0.6) is 34.5 Å². The highest BCUT2D eigenvalue weighted by molar-refractivity contribution is 5.55. The number of hydrogen-bond donors (Lipinski definition) is 4. The highest BCUT2D eigenvalue weighted by Crippen LogP contribution is 2.36. The predicted molar refractivity (Wildman–Crippen MR) is 198 cm³/mol. The van der Waals surface area contributed by atoms with Gasteiger partial charge in [0.05, 0.1) is 0 Å². The van der Waals surface area contributed by atoms with E-state index in [2.05, 4.69) is 0 Å². The molecule has 0 aromatic heterocycles. The maximum Gasteiger partial charge on any atom is 0.133 e. The first-order valence-corrected chi connectivity index (χ1v) is 17.8. The number of nitrogen functional groups attached to an aromatic ring is 2. The third kappa shape index (κ3) is 9.40. The van der Waals surface area contributed by atoms with Gasteiger partial charge in [-0.2, -0.15) is 0 Å². The number of hydrogen-bond acceptors (Lipinski definition) is 6. The van der Waals surface area contributed by atoms with Gasteiger partial charge in [-0.15, -0.1) is 0 Å². The molecular weight excluding hydrogens is 596 g/mol. The summed E-state index contributed by atoms with van der Waals surface area (Å²) in [7, 11) is 0. The third-order valence-corrected chi connectivity index (χ3v) is 10.1. The number of benzene rings is 4. The second-order valence-corrected chi connectivity index (χ2v) is 14.1. The Morgan fingerprint density at radius 3 is 1.21 bits per heavy atom. The van der Waals surface area contributed by atoms with Gasteiger partial charge in [0.25, 0.3) is 0 Å². The fourth-order valence-corrected chi connectivity index (χ4v) is 7.49. The maximum atomic E-state index is 10.1. The number of nitrogens with two attached hydrogens (primary N) is 2. The average Bonchev–Trinajstić information content (AvgIpc) is 3.76. The van der Waals surface area contributed by atoms with Crippen LogP contribution in [0, 0.1) is 39.5 Å². The van der Waals surface area contributed by atoms with Crippen molar-refractivity contribution in [1.29, 1.82) is 0 Å². The van der Waals surface area contributed by atoms with Crippen LogP contribution in [-0.2, 0) is 12.8 Å². The summed E-state index contributed by atoms with van der Waals surface area (Å²) < 4.78 is 12.2. The van der Waals surface area contributed by atoms with E-state index in [1.807, 2.05) is 76.2 Å². The van der Waals surface area contributed by atoms with Crippen molar-refractivity contribution in [1.82, 2.24) is 0 Å². The molecule has 2 fully saturated rings. The number of ether oxygens (including phenoxy) is 2. The molecule has 6 heteroatoms. The highest BCUT2D eigenvalue weighted by atomic mass is 16.5. The zero-order chi connectivity index (χ0) is 34.2. The molecule has 4 aromatic rings. The second kappa shape index (κ2) is 16.2. The van der Waals surface area contributed by atoms with Gasteiger partial charge in [0.15, 0.2) is 0 Å². The van der Waals surface area contributed by atoms with Gasteiger partial charge in [-0.3, -0.25) is 0 Å². The van der Waals surface area contributed by atoms with Gasteiger partial charge in [0, 0.05) is 11.4 Å². The molecule has 0 spiro atoms. The van der Waals surface area contributed by atoms with E-state index in [0.29, 0.717) is 11.5 Å². The van der Waals surface area contributed by atoms with E-state index < -0.39 is 0 Å². The molecular formula is C42H54N2O4. The van der Waals surface area contributed by atoms with E-state index in [4.69, 9.17) is 20.9 Å². The normalized spacial score (nSPS) is 14.9. The molecule has 0 radical (unpaired) electrons. The van der Waals surface area contributed by atoms with Gasteiger partial charge in [-0.25, -0.2) is 0 Å². The molecule has 6 nitrogen and oxygen atoms in total. The van der Waals surface area contributed by atoms with Crippen LogP contribution in [0.25, 0.3) is 0 Å². The first kappa shape index (κ1) is 35.0. The van der Waals surface area contributed by atoms with Gasteiger partial charge in [0.2, 0.25) is 0 Å². The van der Waals surface area contributed by atoms with E-state index in [-0.39, 0.29) is 0 Å². The fraction of sp³-hybridized carbons (Fsp3) is 0.429. The lowest BCUT2D eigenvalue weighted by Gasteiger charge is -2.15. The molecule has 4 aromatic carbocycles. The Balaban J connectivity index is 0.000000188. The number of rotatable bonds is 10. The highest BCUT2D eigenvalue weighted by Gasteiger charge is 2.18. The van der Waals surface area contributed by atoms with Crippen molar-refractivity contribution < 1.29 is 19.7 Å². The Bertz CT molecular complexity index is 1510. The topological polar surface area (TPSA) is 111 Å². The van der Waals surface area contributed by atoms with Gasteiger partial charge in [-0.1, -0.05) is 51.4 Å². The van der Waals surface area contributed by atoms with Crippen LogP contribution in [0.2, 0.25) is 0 Å². The Labute approximate surface area is 287 Å². The summed E-state index contributed by atoms with van der Waals surface area (Å²) in [6.07, 6.45) is 14.9. The average molecular weight is 651 g/mol. The molecule has 0 amide bonds. The van der Waals surface area contributed by atoms with E-state index >= 15 is 0 Å². The van der Waals surface area contributed by atoms with Gasteiger partial charge < -0.3 is 31.2 Å². The number of aryl methyl sites for hydroxylation is 6. The smallest absolute Gasteiger partial charge is 0.133 e. The first-order valence-electron chi connectivity index (χ1n) is 17.8. The first-order chi connectivity index (χ1) is 23.0. The largest absolute Gasteiger partial charge is 0.508 e. The lowest BCUT2D eigenvalue weighted by atomic mass is 9.97. The van der Waals surface area contributed by atoms with Gasteiger partial charge in [0.1, 0.15) is 34.5 Å².